The molecule has 28 heavy (non-hydrogen) atoms. The number of nitrogens with one attached hydrogen (secondary N) is 2. The van der Waals surface area contributed by atoms with Crippen LogP contribution in [-0.4, -0.2) is 64.9 Å². The van der Waals surface area contributed by atoms with Gasteiger partial charge in [0.25, 0.3) is 5.91 Å². The van der Waals surface area contributed by atoms with E-state index in [1.807, 2.05) is 30.3 Å². The lowest BCUT2D eigenvalue weighted by Crippen LogP contribution is -2.40. The van der Waals surface area contributed by atoms with E-state index < -0.39 is 0 Å². The Morgan fingerprint density at radius 1 is 1.32 bits per heavy atom. The Morgan fingerprint density at radius 3 is 2.93 bits per heavy atom. The van der Waals surface area contributed by atoms with Crippen molar-refractivity contribution in [2.75, 3.05) is 32.8 Å². The Balaban J connectivity index is 1.51. The molecule has 1 aliphatic rings. The molecule has 1 atom stereocenters. The van der Waals surface area contributed by atoms with Gasteiger partial charge in [-0.1, -0.05) is 18.2 Å². The average Bonchev–Trinajstić information content (AvgIpc) is 3.27. The number of hydrogen-bond donors (Lipinski definition) is 2. The van der Waals surface area contributed by atoms with Crippen molar-refractivity contribution in [3.05, 3.63) is 48.3 Å². The molecule has 1 saturated heterocycles. The van der Waals surface area contributed by atoms with Crippen molar-refractivity contribution in [2.45, 2.75) is 19.4 Å². The van der Waals surface area contributed by atoms with Crippen LogP contribution in [0.1, 0.15) is 23.7 Å². The number of para-hydroxylation sites is 1. The molecule has 0 unspecified atom stereocenters. The Morgan fingerprint density at radius 2 is 2.14 bits per heavy atom. The van der Waals surface area contributed by atoms with Crippen LogP contribution in [0.3, 0.4) is 0 Å². The van der Waals surface area contributed by atoms with E-state index in [1.54, 1.807) is 12.4 Å². The van der Waals surface area contributed by atoms with E-state index in [9.17, 15) is 4.79 Å². The number of ether oxygens (including phenoxy) is 1. The molecule has 0 spiro atoms. The van der Waals surface area contributed by atoms with Crippen LogP contribution in [0, 0.1) is 0 Å². The first-order chi connectivity index (χ1) is 13.7. The number of pyridine rings is 1. The van der Waals surface area contributed by atoms with Gasteiger partial charge in [0.15, 0.2) is 0 Å². The van der Waals surface area contributed by atoms with E-state index in [0.717, 1.165) is 61.4 Å². The summed E-state index contributed by atoms with van der Waals surface area (Å²) in [4.78, 5) is 20.1. The maximum Gasteiger partial charge on any atom is 0.252 e. The highest BCUT2D eigenvalue weighted by molar-refractivity contribution is 6.07. The highest BCUT2D eigenvalue weighted by Crippen LogP contribution is 2.24. The zero-order chi connectivity index (χ0) is 19.3. The van der Waals surface area contributed by atoms with E-state index in [1.165, 1.54) is 0 Å². The van der Waals surface area contributed by atoms with Crippen molar-refractivity contribution in [3.8, 4) is 11.3 Å². The smallest absolute Gasteiger partial charge is 0.252 e. The van der Waals surface area contributed by atoms with Crippen LogP contribution in [-0.2, 0) is 4.74 Å². The molecule has 4 rings (SSSR count). The number of hydrogen-bond acceptors (Lipinski definition) is 5. The molecular weight excluding hydrogens is 354 g/mol. The molecule has 1 amide bonds. The molecule has 0 bridgehead atoms. The van der Waals surface area contributed by atoms with E-state index in [2.05, 4.69) is 32.3 Å². The quantitative estimate of drug-likeness (QED) is 0.687. The highest BCUT2D eigenvalue weighted by Gasteiger charge is 2.17. The summed E-state index contributed by atoms with van der Waals surface area (Å²) < 4.78 is 5.39. The van der Waals surface area contributed by atoms with E-state index in [0.29, 0.717) is 5.56 Å². The van der Waals surface area contributed by atoms with Crippen molar-refractivity contribution in [1.82, 2.24) is 25.4 Å². The molecule has 3 heterocycles. The van der Waals surface area contributed by atoms with Gasteiger partial charge in [0.2, 0.25) is 0 Å². The number of morpholine rings is 1. The first-order valence-electron chi connectivity index (χ1n) is 9.70. The Hall–Kier alpha value is -2.77. The largest absolute Gasteiger partial charge is 0.379 e. The van der Waals surface area contributed by atoms with Crippen LogP contribution in [0.25, 0.3) is 22.2 Å². The molecule has 0 radical (unpaired) electrons. The predicted molar refractivity (Wildman–Crippen MR) is 108 cm³/mol. The fraction of sp³-hybridized carbons (Fsp3) is 0.381. The van der Waals surface area contributed by atoms with Gasteiger partial charge in [0.1, 0.15) is 0 Å². The lowest BCUT2D eigenvalue weighted by molar-refractivity contribution is 0.0363. The third-order valence-electron chi connectivity index (χ3n) is 5.11. The third kappa shape index (κ3) is 4.21. The van der Waals surface area contributed by atoms with Gasteiger partial charge in [-0.25, -0.2) is 4.98 Å². The number of H-pyrrole nitrogens is 1. The van der Waals surface area contributed by atoms with E-state index >= 15 is 0 Å². The number of fused-ring (bicyclic) bond motifs is 1. The Bertz CT molecular complexity index is 935. The van der Waals surface area contributed by atoms with Gasteiger partial charge < -0.3 is 10.1 Å². The summed E-state index contributed by atoms with van der Waals surface area (Å²) >= 11 is 0. The summed E-state index contributed by atoms with van der Waals surface area (Å²) in [5.74, 6) is -0.0715. The fourth-order valence-corrected chi connectivity index (χ4v) is 3.48. The second kappa shape index (κ2) is 8.50. The predicted octanol–water partition coefficient (Wildman–Crippen LogP) is 2.47. The summed E-state index contributed by atoms with van der Waals surface area (Å²) in [5, 5.41) is 10.8. The zero-order valence-electron chi connectivity index (χ0n) is 16.0. The second-order valence-corrected chi connectivity index (χ2v) is 7.18. The molecule has 146 valence electrons. The van der Waals surface area contributed by atoms with Crippen molar-refractivity contribution < 1.29 is 9.53 Å². The number of aromatic nitrogens is 3. The summed E-state index contributed by atoms with van der Waals surface area (Å²) in [5.41, 5.74) is 3.03. The van der Waals surface area contributed by atoms with Crippen LogP contribution in [0.2, 0.25) is 0 Å². The molecule has 1 fully saturated rings. The average molecular weight is 379 g/mol. The van der Waals surface area contributed by atoms with Gasteiger partial charge in [0.05, 0.1) is 36.2 Å². The highest BCUT2D eigenvalue weighted by atomic mass is 16.5. The Labute approximate surface area is 164 Å². The van der Waals surface area contributed by atoms with Gasteiger partial charge in [-0.05, 0) is 25.5 Å². The topological polar surface area (TPSA) is 83.1 Å². The minimum Gasteiger partial charge on any atom is -0.379 e. The van der Waals surface area contributed by atoms with Crippen LogP contribution in [0.15, 0.2) is 42.7 Å². The standard InChI is InChI=1S/C21H25N5O2/c1-15(6-7-26-8-10-28-11-9-26)24-21(27)18-12-20(16-13-22-23-14-16)25-19-5-3-2-4-17(18)19/h2-5,12-15H,6-11H2,1H3,(H,22,23)(H,24,27)/t15-/m0/s1. The van der Waals surface area contributed by atoms with Gasteiger partial charge in [-0.2, -0.15) is 5.10 Å². The number of rotatable bonds is 6. The van der Waals surface area contributed by atoms with Gasteiger partial charge in [-0.15, -0.1) is 0 Å². The van der Waals surface area contributed by atoms with E-state index in [4.69, 9.17) is 4.74 Å². The zero-order valence-corrected chi connectivity index (χ0v) is 16.0. The van der Waals surface area contributed by atoms with Crippen molar-refractivity contribution >= 4 is 16.8 Å². The van der Waals surface area contributed by atoms with Crippen molar-refractivity contribution in [2.24, 2.45) is 0 Å². The van der Waals surface area contributed by atoms with E-state index in [-0.39, 0.29) is 11.9 Å². The number of nitrogens with zero attached hydrogens (tertiary/aromatic N) is 3. The molecule has 7 heteroatoms. The normalized spacial score (nSPS) is 16.2. The Kier molecular flexibility index (Phi) is 5.64. The third-order valence-corrected chi connectivity index (χ3v) is 5.11. The second-order valence-electron chi connectivity index (χ2n) is 7.18. The molecule has 1 aromatic carbocycles. The molecule has 0 saturated carbocycles. The summed E-state index contributed by atoms with van der Waals surface area (Å²) in [7, 11) is 0. The monoisotopic (exact) mass is 379 g/mol. The molecule has 2 aromatic heterocycles. The number of carbonyl (C=O) groups excluding carboxylic acids is 1. The molecular formula is C21H25N5O2. The summed E-state index contributed by atoms with van der Waals surface area (Å²) in [6.07, 6.45) is 4.40. The first-order valence-corrected chi connectivity index (χ1v) is 9.70. The minimum absolute atomic E-state index is 0.0715. The number of amides is 1. The number of carbonyl (C=O) groups is 1. The molecule has 3 aromatic rings. The number of benzene rings is 1. The van der Waals surface area contributed by atoms with Crippen LogP contribution >= 0.6 is 0 Å². The van der Waals surface area contributed by atoms with Gasteiger partial charge in [0, 0.05) is 42.8 Å². The fourth-order valence-electron chi connectivity index (χ4n) is 3.48. The van der Waals surface area contributed by atoms with Gasteiger partial charge >= 0.3 is 0 Å². The van der Waals surface area contributed by atoms with Crippen LogP contribution in [0.5, 0.6) is 0 Å². The molecule has 2 N–H and O–H groups in total. The lowest BCUT2D eigenvalue weighted by atomic mass is 10.0. The molecule has 1 aliphatic heterocycles. The maximum absolute atomic E-state index is 13.0. The number of aromatic amines is 1. The molecule has 7 nitrogen and oxygen atoms in total. The van der Waals surface area contributed by atoms with Crippen LogP contribution < -0.4 is 5.32 Å². The SMILES string of the molecule is C[C@@H](CCN1CCOCC1)NC(=O)c1cc(-c2cn[nH]c2)nc2ccccc12. The first kappa shape index (κ1) is 18.6. The minimum atomic E-state index is -0.0715. The summed E-state index contributed by atoms with van der Waals surface area (Å²) in [6, 6.07) is 9.66. The van der Waals surface area contributed by atoms with Crippen molar-refractivity contribution in [3.63, 3.8) is 0 Å². The maximum atomic E-state index is 13.0. The lowest BCUT2D eigenvalue weighted by Gasteiger charge is -2.27. The summed E-state index contributed by atoms with van der Waals surface area (Å²) in [6.45, 7) is 6.52. The van der Waals surface area contributed by atoms with Crippen molar-refractivity contribution in [1.29, 1.82) is 0 Å². The van der Waals surface area contributed by atoms with Crippen LogP contribution in [0.4, 0.5) is 0 Å². The van der Waals surface area contributed by atoms with Gasteiger partial charge in [-0.3, -0.25) is 14.8 Å². The molecule has 0 aliphatic carbocycles.